The monoisotopic (exact) mass is 220 g/mol. The topological polar surface area (TPSA) is 15.3 Å². The van der Waals surface area contributed by atoms with Crippen molar-refractivity contribution in [1.82, 2.24) is 10.2 Å². The summed E-state index contributed by atoms with van der Waals surface area (Å²) in [7, 11) is 1.76. The van der Waals surface area contributed by atoms with Gasteiger partial charge < -0.3 is 10.2 Å². The molecule has 4 heteroatoms. The molecule has 90 valence electrons. The second-order valence-corrected chi connectivity index (χ2v) is 4.44. The van der Waals surface area contributed by atoms with E-state index in [9.17, 15) is 8.78 Å². The maximum atomic E-state index is 12.0. The van der Waals surface area contributed by atoms with Crippen LogP contribution in [0.15, 0.2) is 0 Å². The summed E-state index contributed by atoms with van der Waals surface area (Å²) < 4.78 is 24.0. The van der Waals surface area contributed by atoms with E-state index in [0.717, 1.165) is 25.9 Å². The maximum Gasteiger partial charge on any atom is 0.251 e. The Morgan fingerprint density at radius 1 is 1.40 bits per heavy atom. The Morgan fingerprint density at radius 2 is 2.20 bits per heavy atom. The van der Waals surface area contributed by atoms with Crippen LogP contribution in [-0.2, 0) is 0 Å². The van der Waals surface area contributed by atoms with E-state index in [4.69, 9.17) is 0 Å². The van der Waals surface area contributed by atoms with Crippen molar-refractivity contribution in [3.05, 3.63) is 0 Å². The molecule has 1 aliphatic heterocycles. The van der Waals surface area contributed by atoms with Gasteiger partial charge in [-0.25, -0.2) is 8.78 Å². The predicted octanol–water partition coefficient (Wildman–Crippen LogP) is 2.11. The second kappa shape index (κ2) is 7.12. The van der Waals surface area contributed by atoms with Crippen LogP contribution >= 0.6 is 0 Å². The number of hydrogen-bond donors (Lipinski definition) is 1. The van der Waals surface area contributed by atoms with Gasteiger partial charge in [-0.15, -0.1) is 0 Å². The van der Waals surface area contributed by atoms with E-state index in [-0.39, 0.29) is 6.54 Å². The number of nitrogens with one attached hydrogen (secondary N) is 1. The van der Waals surface area contributed by atoms with Crippen LogP contribution in [0.1, 0.15) is 32.1 Å². The van der Waals surface area contributed by atoms with Gasteiger partial charge in [0.25, 0.3) is 6.43 Å². The average Bonchev–Trinajstić information content (AvgIpc) is 2.18. The SMILES string of the molecule is CN(CCCC1CCCCN1)CC(F)F. The van der Waals surface area contributed by atoms with Gasteiger partial charge in [0.15, 0.2) is 0 Å². The average molecular weight is 220 g/mol. The van der Waals surface area contributed by atoms with Gasteiger partial charge in [-0.3, -0.25) is 0 Å². The Hall–Kier alpha value is -0.220. The van der Waals surface area contributed by atoms with E-state index < -0.39 is 6.43 Å². The third-order valence-electron chi connectivity index (χ3n) is 2.95. The van der Waals surface area contributed by atoms with Crippen LogP contribution in [0, 0.1) is 0 Å². The molecule has 0 aromatic rings. The molecule has 1 unspecified atom stereocenters. The summed E-state index contributed by atoms with van der Waals surface area (Å²) in [6.07, 6.45) is 3.77. The summed E-state index contributed by atoms with van der Waals surface area (Å²) in [4.78, 5) is 1.72. The van der Waals surface area contributed by atoms with Gasteiger partial charge in [-0.1, -0.05) is 6.42 Å². The smallest absolute Gasteiger partial charge is 0.251 e. The van der Waals surface area contributed by atoms with Gasteiger partial charge in [-0.2, -0.15) is 0 Å². The van der Waals surface area contributed by atoms with E-state index in [1.54, 1.807) is 11.9 Å². The van der Waals surface area contributed by atoms with Crippen molar-refractivity contribution >= 4 is 0 Å². The van der Waals surface area contributed by atoms with Crippen LogP contribution < -0.4 is 5.32 Å². The molecule has 2 nitrogen and oxygen atoms in total. The Balaban J connectivity index is 1.99. The Bertz CT molecular complexity index is 159. The minimum atomic E-state index is -2.21. The van der Waals surface area contributed by atoms with Crippen molar-refractivity contribution in [2.75, 3.05) is 26.7 Å². The first kappa shape index (κ1) is 12.8. The zero-order valence-electron chi connectivity index (χ0n) is 9.51. The predicted molar refractivity (Wildman–Crippen MR) is 58.4 cm³/mol. The third kappa shape index (κ3) is 6.05. The molecule has 0 spiro atoms. The van der Waals surface area contributed by atoms with Crippen molar-refractivity contribution in [2.24, 2.45) is 0 Å². The number of hydrogen-bond acceptors (Lipinski definition) is 2. The van der Waals surface area contributed by atoms with E-state index in [2.05, 4.69) is 5.32 Å². The normalized spacial score (nSPS) is 22.6. The molecule has 1 rings (SSSR count). The van der Waals surface area contributed by atoms with Gasteiger partial charge in [0, 0.05) is 6.04 Å². The van der Waals surface area contributed by atoms with Gasteiger partial charge >= 0.3 is 0 Å². The van der Waals surface area contributed by atoms with E-state index in [1.165, 1.54) is 19.3 Å². The largest absolute Gasteiger partial charge is 0.314 e. The fourth-order valence-corrected chi connectivity index (χ4v) is 2.10. The fraction of sp³-hybridized carbons (Fsp3) is 1.00. The zero-order valence-corrected chi connectivity index (χ0v) is 9.51. The molecule has 1 aliphatic rings. The van der Waals surface area contributed by atoms with Gasteiger partial charge in [0.05, 0.1) is 6.54 Å². The van der Waals surface area contributed by atoms with Crippen molar-refractivity contribution in [2.45, 2.75) is 44.6 Å². The third-order valence-corrected chi connectivity index (χ3v) is 2.95. The number of nitrogens with zero attached hydrogens (tertiary/aromatic N) is 1. The highest BCUT2D eigenvalue weighted by molar-refractivity contribution is 4.72. The Morgan fingerprint density at radius 3 is 2.80 bits per heavy atom. The van der Waals surface area contributed by atoms with Crippen LogP contribution in [0.5, 0.6) is 0 Å². The highest BCUT2D eigenvalue weighted by atomic mass is 19.3. The minimum absolute atomic E-state index is 0.0991. The zero-order chi connectivity index (χ0) is 11.1. The number of piperidine rings is 1. The van der Waals surface area contributed by atoms with Crippen molar-refractivity contribution in [1.29, 1.82) is 0 Å². The first-order valence-electron chi connectivity index (χ1n) is 5.88. The highest BCUT2D eigenvalue weighted by Gasteiger charge is 2.12. The Labute approximate surface area is 91.0 Å². The number of halogens is 2. The molecule has 1 N–H and O–H groups in total. The molecule has 1 heterocycles. The molecule has 0 bridgehead atoms. The summed E-state index contributed by atoms with van der Waals surface area (Å²) in [6.45, 7) is 1.80. The van der Waals surface area contributed by atoms with E-state index in [0.29, 0.717) is 6.04 Å². The summed E-state index contributed by atoms with van der Waals surface area (Å²) in [5, 5.41) is 3.47. The molecule has 15 heavy (non-hydrogen) atoms. The van der Waals surface area contributed by atoms with Crippen LogP contribution in [0.2, 0.25) is 0 Å². The van der Waals surface area contributed by atoms with Crippen LogP contribution in [0.3, 0.4) is 0 Å². The first-order chi connectivity index (χ1) is 7.18. The van der Waals surface area contributed by atoms with Crippen LogP contribution in [-0.4, -0.2) is 44.0 Å². The maximum absolute atomic E-state index is 12.0. The molecule has 1 fully saturated rings. The second-order valence-electron chi connectivity index (χ2n) is 4.44. The highest BCUT2D eigenvalue weighted by Crippen LogP contribution is 2.11. The first-order valence-corrected chi connectivity index (χ1v) is 5.88. The summed E-state index contributed by atoms with van der Waals surface area (Å²) in [5.74, 6) is 0. The van der Waals surface area contributed by atoms with Crippen LogP contribution in [0.25, 0.3) is 0 Å². The lowest BCUT2D eigenvalue weighted by molar-refractivity contribution is 0.0991. The van der Waals surface area contributed by atoms with Crippen LogP contribution in [0.4, 0.5) is 8.78 Å². The lowest BCUT2D eigenvalue weighted by Crippen LogP contribution is -2.35. The number of alkyl halides is 2. The summed E-state index contributed by atoms with van der Waals surface area (Å²) in [5.41, 5.74) is 0. The Kier molecular flexibility index (Phi) is 6.10. The van der Waals surface area contributed by atoms with E-state index in [1.807, 2.05) is 0 Å². The minimum Gasteiger partial charge on any atom is -0.314 e. The van der Waals surface area contributed by atoms with Gasteiger partial charge in [0.1, 0.15) is 0 Å². The molecule has 0 aromatic heterocycles. The lowest BCUT2D eigenvalue weighted by Gasteiger charge is -2.24. The van der Waals surface area contributed by atoms with E-state index >= 15 is 0 Å². The molecule has 0 aromatic carbocycles. The molecule has 0 aliphatic carbocycles. The number of rotatable bonds is 6. The molecular formula is C11H22F2N2. The summed E-state index contributed by atoms with van der Waals surface area (Å²) >= 11 is 0. The molecule has 0 amide bonds. The van der Waals surface area contributed by atoms with Crippen molar-refractivity contribution in [3.8, 4) is 0 Å². The molecule has 0 saturated carbocycles. The van der Waals surface area contributed by atoms with Crippen molar-refractivity contribution < 1.29 is 8.78 Å². The lowest BCUT2D eigenvalue weighted by atomic mass is 10.0. The van der Waals surface area contributed by atoms with Crippen molar-refractivity contribution in [3.63, 3.8) is 0 Å². The molecule has 1 atom stereocenters. The van der Waals surface area contributed by atoms with Gasteiger partial charge in [-0.05, 0) is 45.8 Å². The summed E-state index contributed by atoms with van der Waals surface area (Å²) in [6, 6.07) is 0.624. The fourth-order valence-electron chi connectivity index (χ4n) is 2.10. The quantitative estimate of drug-likeness (QED) is 0.737. The standard InChI is InChI=1S/C11H22F2N2/c1-15(9-11(12)13)8-4-6-10-5-2-3-7-14-10/h10-11,14H,2-9H2,1H3. The molecular weight excluding hydrogens is 198 g/mol. The molecule has 0 radical (unpaired) electrons. The van der Waals surface area contributed by atoms with Gasteiger partial charge in [0.2, 0.25) is 0 Å². The molecule has 1 saturated heterocycles.